The first-order valence-corrected chi connectivity index (χ1v) is 10.3. The second-order valence-electron chi connectivity index (χ2n) is 8.23. The number of rotatable bonds is 3. The van der Waals surface area contributed by atoms with E-state index in [1.54, 1.807) is 0 Å². The van der Waals surface area contributed by atoms with Gasteiger partial charge in [-0.1, -0.05) is 12.1 Å². The Morgan fingerprint density at radius 3 is 2.62 bits per heavy atom. The molecule has 5 rings (SSSR count). The van der Waals surface area contributed by atoms with Crippen molar-refractivity contribution < 1.29 is 0 Å². The molecule has 1 aromatic heterocycles. The van der Waals surface area contributed by atoms with E-state index < -0.39 is 0 Å². The van der Waals surface area contributed by atoms with Crippen molar-refractivity contribution in [2.24, 2.45) is 5.92 Å². The highest BCUT2D eigenvalue weighted by atomic mass is 15.6. The maximum Gasteiger partial charge on any atom is 0.0808 e. The van der Waals surface area contributed by atoms with Crippen LogP contribution in [0.3, 0.4) is 0 Å². The van der Waals surface area contributed by atoms with E-state index in [1.165, 1.54) is 75.4 Å². The van der Waals surface area contributed by atoms with Crippen LogP contribution in [0.2, 0.25) is 0 Å². The second-order valence-corrected chi connectivity index (χ2v) is 8.23. The van der Waals surface area contributed by atoms with Crippen molar-refractivity contribution in [1.82, 2.24) is 9.58 Å². The van der Waals surface area contributed by atoms with Gasteiger partial charge in [0.15, 0.2) is 0 Å². The van der Waals surface area contributed by atoms with E-state index in [-0.39, 0.29) is 0 Å². The van der Waals surface area contributed by atoms with Gasteiger partial charge < -0.3 is 9.80 Å². The predicted octanol–water partition coefficient (Wildman–Crippen LogP) is 4.14. The lowest BCUT2D eigenvalue weighted by Gasteiger charge is -2.40. The summed E-state index contributed by atoms with van der Waals surface area (Å²) < 4.78 is 2.35. The Balaban J connectivity index is 1.42. The molecule has 0 amide bonds. The van der Waals surface area contributed by atoms with Crippen LogP contribution >= 0.6 is 0 Å². The third kappa shape index (κ3) is 2.71. The third-order valence-electron chi connectivity index (χ3n) is 6.73. The van der Waals surface area contributed by atoms with Crippen molar-refractivity contribution in [2.45, 2.75) is 38.1 Å². The molecule has 2 fully saturated rings. The molecular weight excluding hydrogens is 320 g/mol. The predicted molar refractivity (Wildman–Crippen MR) is 108 cm³/mol. The van der Waals surface area contributed by atoms with Crippen molar-refractivity contribution in [3.63, 3.8) is 0 Å². The zero-order chi connectivity index (χ0) is 17.5. The van der Waals surface area contributed by atoms with Gasteiger partial charge in [0.05, 0.1) is 23.1 Å². The Bertz CT molecular complexity index is 761. The molecule has 0 N–H and O–H groups in total. The van der Waals surface area contributed by atoms with Gasteiger partial charge in [-0.25, -0.2) is 0 Å². The molecule has 1 aromatic carbocycles. The average Bonchev–Trinajstić information content (AvgIpc) is 3.36. The Hall–Kier alpha value is -1.94. The number of hydrogen-bond donors (Lipinski definition) is 0. The molecule has 2 saturated heterocycles. The summed E-state index contributed by atoms with van der Waals surface area (Å²) in [5.74, 6) is 0.843. The van der Waals surface area contributed by atoms with Crippen LogP contribution in [0.25, 0.3) is 0 Å². The molecule has 0 bridgehead atoms. The van der Waals surface area contributed by atoms with Gasteiger partial charge in [0.1, 0.15) is 0 Å². The molecule has 26 heavy (non-hydrogen) atoms. The summed E-state index contributed by atoms with van der Waals surface area (Å²) >= 11 is 0. The van der Waals surface area contributed by atoms with Crippen molar-refractivity contribution in [2.75, 3.05) is 43.1 Å². The lowest BCUT2D eigenvalue weighted by Crippen LogP contribution is -2.38. The topological polar surface area (TPSA) is 14.7 Å². The number of para-hydroxylation sites is 2. The maximum atomic E-state index is 2.67. The Morgan fingerprint density at radius 1 is 0.962 bits per heavy atom. The fourth-order valence-electron chi connectivity index (χ4n) is 5.26. The molecule has 0 radical (unpaired) electrons. The van der Waals surface area contributed by atoms with Gasteiger partial charge in [-0.3, -0.25) is 9.69 Å². The summed E-state index contributed by atoms with van der Waals surface area (Å²) in [7, 11) is 2.19. The largest absolute Gasteiger partial charge is 0.361 e. The number of hydrogen-bond acceptors (Lipinski definition) is 3. The van der Waals surface area contributed by atoms with Crippen LogP contribution in [0, 0.1) is 5.92 Å². The van der Waals surface area contributed by atoms with Crippen LogP contribution in [0.4, 0.5) is 11.4 Å². The van der Waals surface area contributed by atoms with E-state index >= 15 is 0 Å². The van der Waals surface area contributed by atoms with Gasteiger partial charge in [0.2, 0.25) is 0 Å². The summed E-state index contributed by atoms with van der Waals surface area (Å²) in [6, 6.07) is 13.9. The fourth-order valence-corrected chi connectivity index (χ4v) is 5.26. The molecule has 0 saturated carbocycles. The van der Waals surface area contributed by atoms with E-state index in [0.717, 1.165) is 5.92 Å². The van der Waals surface area contributed by atoms with E-state index in [9.17, 15) is 0 Å². The van der Waals surface area contributed by atoms with Gasteiger partial charge >= 0.3 is 0 Å². The summed E-state index contributed by atoms with van der Waals surface area (Å²) in [4.78, 5) is 5.34. The molecule has 0 aliphatic carbocycles. The first kappa shape index (κ1) is 16.2. The average molecular weight is 351 g/mol. The molecule has 4 nitrogen and oxygen atoms in total. The smallest absolute Gasteiger partial charge is 0.0808 e. The molecule has 2 atom stereocenters. The van der Waals surface area contributed by atoms with Crippen LogP contribution in [0.5, 0.6) is 0 Å². The number of anilines is 2. The number of benzene rings is 1. The first-order valence-electron chi connectivity index (χ1n) is 10.3. The fraction of sp³-hybridized carbons (Fsp3) is 0.545. The minimum atomic E-state index is 0.494. The van der Waals surface area contributed by atoms with Crippen molar-refractivity contribution >= 4 is 11.4 Å². The molecule has 4 heteroatoms. The van der Waals surface area contributed by atoms with Crippen molar-refractivity contribution in [1.29, 1.82) is 0 Å². The third-order valence-corrected chi connectivity index (χ3v) is 6.73. The summed E-state index contributed by atoms with van der Waals surface area (Å²) in [6.07, 6.45) is 8.98. The number of aromatic nitrogens is 1. The molecule has 0 spiro atoms. The van der Waals surface area contributed by atoms with Gasteiger partial charge in [-0.05, 0) is 81.9 Å². The van der Waals surface area contributed by atoms with Gasteiger partial charge in [0.25, 0.3) is 0 Å². The highest BCUT2D eigenvalue weighted by Gasteiger charge is 2.35. The SMILES string of the molecule is CN1c2ccccc2N2CCC(CCN3CCCC3)CC2c2cccn21. The van der Waals surface area contributed by atoms with Crippen molar-refractivity contribution in [3.05, 3.63) is 48.3 Å². The highest BCUT2D eigenvalue weighted by Crippen LogP contribution is 2.44. The molecule has 138 valence electrons. The number of likely N-dealkylation sites (tertiary alicyclic amines) is 1. The Labute approximate surface area is 157 Å². The first-order chi connectivity index (χ1) is 12.8. The van der Waals surface area contributed by atoms with Gasteiger partial charge in [0, 0.05) is 19.8 Å². The van der Waals surface area contributed by atoms with Crippen LogP contribution in [0.1, 0.15) is 43.8 Å². The quantitative estimate of drug-likeness (QED) is 0.827. The molecule has 4 heterocycles. The van der Waals surface area contributed by atoms with Crippen LogP contribution in [-0.4, -0.2) is 42.8 Å². The highest BCUT2D eigenvalue weighted by molar-refractivity contribution is 5.73. The molecular formula is C22H30N4. The van der Waals surface area contributed by atoms with E-state index in [2.05, 4.69) is 69.1 Å². The summed E-state index contributed by atoms with van der Waals surface area (Å²) in [5.41, 5.74) is 4.14. The Kier molecular flexibility index (Phi) is 4.16. The standard InChI is InChI=1S/C22H30N4/c1-23-19-7-2-3-8-20(19)25-16-11-18(10-15-24-12-4-5-13-24)17-22(25)21-9-6-14-26(21)23/h2-3,6-9,14,18,22H,4-5,10-13,15-17H2,1H3. The molecule has 2 unspecified atom stereocenters. The van der Waals surface area contributed by atoms with Gasteiger partial charge in [-0.15, -0.1) is 0 Å². The minimum absolute atomic E-state index is 0.494. The lowest BCUT2D eigenvalue weighted by atomic mass is 9.86. The van der Waals surface area contributed by atoms with Crippen molar-refractivity contribution in [3.8, 4) is 0 Å². The van der Waals surface area contributed by atoms with E-state index in [0.29, 0.717) is 6.04 Å². The molecule has 3 aliphatic heterocycles. The number of nitrogens with zero attached hydrogens (tertiary/aromatic N) is 4. The van der Waals surface area contributed by atoms with E-state index in [1.807, 2.05) is 0 Å². The number of piperidine rings is 1. The molecule has 2 aromatic rings. The maximum absolute atomic E-state index is 2.67. The van der Waals surface area contributed by atoms with E-state index in [4.69, 9.17) is 0 Å². The normalized spacial score (nSPS) is 25.6. The number of fused-ring (bicyclic) bond motifs is 5. The summed E-state index contributed by atoms with van der Waals surface area (Å²) in [6.45, 7) is 5.12. The monoisotopic (exact) mass is 350 g/mol. The zero-order valence-electron chi connectivity index (χ0n) is 15.8. The molecule has 3 aliphatic rings. The van der Waals surface area contributed by atoms with Crippen LogP contribution in [0.15, 0.2) is 42.6 Å². The Morgan fingerprint density at radius 2 is 1.77 bits per heavy atom. The van der Waals surface area contributed by atoms with Crippen LogP contribution in [-0.2, 0) is 0 Å². The zero-order valence-corrected chi connectivity index (χ0v) is 15.8. The van der Waals surface area contributed by atoms with Crippen LogP contribution < -0.4 is 9.91 Å². The lowest BCUT2D eigenvalue weighted by molar-refractivity contribution is 0.260. The van der Waals surface area contributed by atoms with Gasteiger partial charge in [-0.2, -0.15) is 0 Å². The second kappa shape index (κ2) is 6.66. The minimum Gasteiger partial charge on any atom is -0.361 e. The summed E-state index contributed by atoms with van der Waals surface area (Å²) in [5, 5.41) is 2.31.